The van der Waals surface area contributed by atoms with E-state index in [4.69, 9.17) is 19.2 Å². The molecule has 0 bridgehead atoms. The number of hydrogen-bond donors (Lipinski definition) is 0. The van der Waals surface area contributed by atoms with Crippen LogP contribution in [0.2, 0.25) is 0 Å². The highest BCUT2D eigenvalue weighted by atomic mass is 16.5. The van der Waals surface area contributed by atoms with E-state index < -0.39 is 0 Å². The Bertz CT molecular complexity index is 874. The molecule has 3 aromatic rings. The van der Waals surface area contributed by atoms with E-state index in [1.54, 1.807) is 14.2 Å². The highest BCUT2D eigenvalue weighted by molar-refractivity contribution is 5.84. The standard InChI is InChI=1S/C19H17NO3/c1-21-14-7-8-18-16(12-14)15(9-10-20)19(23-18)11-13-5-3-4-6-17(13)22-2/h3-8,12H,9,11H2,1-2H3. The van der Waals surface area contributed by atoms with Gasteiger partial charge in [0.05, 0.1) is 26.7 Å². The maximum atomic E-state index is 9.17. The zero-order valence-corrected chi connectivity index (χ0v) is 13.1. The van der Waals surface area contributed by atoms with Crippen molar-refractivity contribution in [3.63, 3.8) is 0 Å². The Morgan fingerprint density at radius 3 is 2.65 bits per heavy atom. The smallest absolute Gasteiger partial charge is 0.134 e. The number of rotatable bonds is 5. The van der Waals surface area contributed by atoms with E-state index in [1.165, 1.54) is 0 Å². The van der Waals surface area contributed by atoms with Gasteiger partial charge in [-0.1, -0.05) is 18.2 Å². The molecule has 0 unspecified atom stereocenters. The molecule has 0 aliphatic rings. The van der Waals surface area contributed by atoms with Crippen LogP contribution in [-0.4, -0.2) is 14.2 Å². The van der Waals surface area contributed by atoms with Crippen LogP contribution in [0.15, 0.2) is 46.9 Å². The molecule has 0 radical (unpaired) electrons. The number of benzene rings is 2. The first-order valence-corrected chi connectivity index (χ1v) is 7.34. The second-order valence-electron chi connectivity index (χ2n) is 5.19. The number of furan rings is 1. The van der Waals surface area contributed by atoms with Crippen molar-refractivity contribution >= 4 is 11.0 Å². The summed E-state index contributed by atoms with van der Waals surface area (Å²) < 4.78 is 16.7. The van der Waals surface area contributed by atoms with Crippen LogP contribution in [0.5, 0.6) is 11.5 Å². The van der Waals surface area contributed by atoms with E-state index in [-0.39, 0.29) is 0 Å². The summed E-state index contributed by atoms with van der Waals surface area (Å²) in [6.45, 7) is 0. The minimum atomic E-state index is 0.296. The molecule has 2 aromatic carbocycles. The SMILES string of the molecule is COc1ccc2oc(Cc3ccccc3OC)c(CC#N)c2c1. The maximum Gasteiger partial charge on any atom is 0.134 e. The predicted molar refractivity (Wildman–Crippen MR) is 87.9 cm³/mol. The largest absolute Gasteiger partial charge is 0.497 e. The summed E-state index contributed by atoms with van der Waals surface area (Å²) in [6.07, 6.45) is 0.878. The molecule has 0 aliphatic heterocycles. The van der Waals surface area contributed by atoms with Gasteiger partial charge < -0.3 is 13.9 Å². The Balaban J connectivity index is 2.09. The van der Waals surface area contributed by atoms with Crippen LogP contribution >= 0.6 is 0 Å². The molecule has 4 heteroatoms. The van der Waals surface area contributed by atoms with Gasteiger partial charge in [-0.05, 0) is 24.3 Å². The predicted octanol–water partition coefficient (Wildman–Crippen LogP) is 4.11. The number of nitrogens with zero attached hydrogens (tertiary/aromatic N) is 1. The summed E-state index contributed by atoms with van der Waals surface area (Å²) >= 11 is 0. The van der Waals surface area contributed by atoms with E-state index in [0.717, 1.165) is 39.4 Å². The van der Waals surface area contributed by atoms with Crippen LogP contribution in [0.3, 0.4) is 0 Å². The molecule has 116 valence electrons. The lowest BCUT2D eigenvalue weighted by Crippen LogP contribution is -1.95. The van der Waals surface area contributed by atoms with Crippen molar-refractivity contribution in [2.45, 2.75) is 12.8 Å². The average molecular weight is 307 g/mol. The summed E-state index contributed by atoms with van der Waals surface area (Å²) in [4.78, 5) is 0. The van der Waals surface area contributed by atoms with Gasteiger partial charge in [0.25, 0.3) is 0 Å². The van der Waals surface area contributed by atoms with Gasteiger partial charge in [-0.25, -0.2) is 0 Å². The summed E-state index contributed by atoms with van der Waals surface area (Å²) in [5.74, 6) is 2.36. The maximum absolute atomic E-state index is 9.17. The summed E-state index contributed by atoms with van der Waals surface area (Å²) in [5.41, 5.74) is 2.70. The highest BCUT2D eigenvalue weighted by Crippen LogP contribution is 2.32. The van der Waals surface area contributed by atoms with Crippen LogP contribution < -0.4 is 9.47 Å². The van der Waals surface area contributed by atoms with Crippen molar-refractivity contribution in [1.29, 1.82) is 5.26 Å². The topological polar surface area (TPSA) is 55.4 Å². The quantitative estimate of drug-likeness (QED) is 0.712. The highest BCUT2D eigenvalue weighted by Gasteiger charge is 2.16. The fraction of sp³-hybridized carbons (Fsp3) is 0.211. The minimum absolute atomic E-state index is 0.296. The van der Waals surface area contributed by atoms with Gasteiger partial charge in [0.15, 0.2) is 0 Å². The molecule has 0 saturated carbocycles. The first-order chi connectivity index (χ1) is 11.3. The second kappa shape index (κ2) is 6.45. The molecule has 0 amide bonds. The molecule has 1 aromatic heterocycles. The lowest BCUT2D eigenvalue weighted by atomic mass is 10.0. The fourth-order valence-electron chi connectivity index (χ4n) is 2.74. The van der Waals surface area contributed by atoms with Crippen LogP contribution in [0.1, 0.15) is 16.9 Å². The van der Waals surface area contributed by atoms with Gasteiger partial charge in [-0.15, -0.1) is 0 Å². The second-order valence-corrected chi connectivity index (χ2v) is 5.19. The molecule has 3 rings (SSSR count). The van der Waals surface area contributed by atoms with Crippen molar-refractivity contribution in [2.75, 3.05) is 14.2 Å². The molecular weight excluding hydrogens is 290 g/mol. The van der Waals surface area contributed by atoms with Gasteiger partial charge in [0.1, 0.15) is 22.8 Å². The zero-order chi connectivity index (χ0) is 16.2. The number of para-hydroxylation sites is 1. The fourth-order valence-corrected chi connectivity index (χ4v) is 2.74. The summed E-state index contributed by atoms with van der Waals surface area (Å²) in [6, 6.07) is 15.7. The number of hydrogen-bond acceptors (Lipinski definition) is 4. The van der Waals surface area contributed by atoms with Gasteiger partial charge >= 0.3 is 0 Å². The van der Waals surface area contributed by atoms with Crippen molar-refractivity contribution in [1.82, 2.24) is 0 Å². The normalized spacial score (nSPS) is 10.5. The van der Waals surface area contributed by atoms with Gasteiger partial charge in [0.2, 0.25) is 0 Å². The molecule has 0 spiro atoms. The molecule has 0 fully saturated rings. The first kappa shape index (κ1) is 15.0. The molecule has 0 saturated heterocycles. The van der Waals surface area contributed by atoms with E-state index in [2.05, 4.69) is 6.07 Å². The monoisotopic (exact) mass is 307 g/mol. The Morgan fingerprint density at radius 2 is 1.91 bits per heavy atom. The van der Waals surface area contributed by atoms with Crippen molar-refractivity contribution < 1.29 is 13.9 Å². The van der Waals surface area contributed by atoms with Gasteiger partial charge in [-0.3, -0.25) is 0 Å². The molecule has 4 nitrogen and oxygen atoms in total. The molecule has 0 atom stereocenters. The third-order valence-electron chi connectivity index (χ3n) is 3.88. The summed E-state index contributed by atoms with van der Waals surface area (Å²) in [5, 5.41) is 10.1. The lowest BCUT2D eigenvalue weighted by Gasteiger charge is -2.07. The van der Waals surface area contributed by atoms with Crippen LogP contribution in [0, 0.1) is 11.3 Å². The van der Waals surface area contributed by atoms with E-state index in [9.17, 15) is 0 Å². The van der Waals surface area contributed by atoms with Gasteiger partial charge in [0, 0.05) is 22.9 Å². The first-order valence-electron chi connectivity index (χ1n) is 7.34. The number of fused-ring (bicyclic) bond motifs is 1. The third kappa shape index (κ3) is 2.86. The Kier molecular flexibility index (Phi) is 4.20. The molecule has 0 N–H and O–H groups in total. The Labute approximate surface area is 134 Å². The molecule has 0 aliphatic carbocycles. The Hall–Kier alpha value is -2.93. The average Bonchev–Trinajstić information content (AvgIpc) is 2.92. The molecular formula is C19H17NO3. The van der Waals surface area contributed by atoms with E-state index >= 15 is 0 Å². The number of methoxy groups -OCH3 is 2. The van der Waals surface area contributed by atoms with Gasteiger partial charge in [-0.2, -0.15) is 5.26 Å². The third-order valence-corrected chi connectivity index (χ3v) is 3.88. The van der Waals surface area contributed by atoms with Crippen LogP contribution in [-0.2, 0) is 12.8 Å². The Morgan fingerprint density at radius 1 is 1.09 bits per heavy atom. The molecule has 23 heavy (non-hydrogen) atoms. The van der Waals surface area contributed by atoms with Crippen molar-refractivity contribution in [3.05, 3.63) is 59.4 Å². The van der Waals surface area contributed by atoms with Crippen molar-refractivity contribution in [2.24, 2.45) is 0 Å². The zero-order valence-electron chi connectivity index (χ0n) is 13.1. The van der Waals surface area contributed by atoms with E-state index in [1.807, 2.05) is 42.5 Å². The van der Waals surface area contributed by atoms with Crippen LogP contribution in [0.4, 0.5) is 0 Å². The van der Waals surface area contributed by atoms with Crippen molar-refractivity contribution in [3.8, 4) is 17.6 Å². The van der Waals surface area contributed by atoms with Crippen LogP contribution in [0.25, 0.3) is 11.0 Å². The molecule has 1 heterocycles. The number of ether oxygens (including phenoxy) is 2. The summed E-state index contributed by atoms with van der Waals surface area (Å²) in [7, 11) is 3.28. The van der Waals surface area contributed by atoms with E-state index in [0.29, 0.717) is 12.8 Å². The number of nitriles is 1. The lowest BCUT2D eigenvalue weighted by molar-refractivity contribution is 0.409. The minimum Gasteiger partial charge on any atom is -0.497 e.